The van der Waals surface area contributed by atoms with Crippen molar-refractivity contribution in [3.63, 3.8) is 0 Å². The van der Waals surface area contributed by atoms with Crippen LogP contribution < -0.4 is 34.0 Å². The lowest BCUT2D eigenvalue weighted by atomic mass is 9.98. The van der Waals surface area contributed by atoms with Crippen LogP contribution in [0.2, 0.25) is 0 Å². The number of likely N-dealkylation sites (N-methyl/N-ethyl adjacent to an activating group) is 1. The van der Waals surface area contributed by atoms with Gasteiger partial charge in [-0.1, -0.05) is 121 Å². The number of ether oxygens (including phenoxy) is 1. The molecule has 3 atom stereocenters. The molecule has 4 aliphatic heterocycles. The summed E-state index contributed by atoms with van der Waals surface area (Å²) < 4.78 is 72.0. The van der Waals surface area contributed by atoms with Crippen LogP contribution >= 0.6 is 0 Å². The minimum absolute atomic E-state index is 0.0137. The highest BCUT2D eigenvalue weighted by Crippen LogP contribution is 2.38. The van der Waals surface area contributed by atoms with Crippen LogP contribution in [0.4, 0.5) is 22.0 Å². The van der Waals surface area contributed by atoms with Crippen LogP contribution in [0.5, 0.6) is 0 Å². The minimum atomic E-state index is -0.622. The minimum Gasteiger partial charge on any atom is -0.380 e. The molecule has 0 radical (unpaired) electrons. The number of benzene rings is 10. The monoisotopic (exact) mass is 1860 g/mol. The highest BCUT2D eigenvalue weighted by atomic mass is 19.1. The average molecular weight is 1860 g/mol. The Kier molecular flexibility index (Phi) is 31.2. The van der Waals surface area contributed by atoms with Gasteiger partial charge in [0.05, 0.1) is 59.5 Å². The van der Waals surface area contributed by atoms with Crippen molar-refractivity contribution in [3.8, 4) is 61.7 Å². The Morgan fingerprint density at radius 2 is 0.710 bits per heavy atom. The predicted octanol–water partition coefficient (Wildman–Crippen LogP) is 15.5. The van der Waals surface area contributed by atoms with Gasteiger partial charge in [-0.25, -0.2) is 46.9 Å². The van der Waals surface area contributed by atoms with Gasteiger partial charge >= 0.3 is 0 Å². The smallest absolute Gasteiger partial charge is 0.267 e. The summed E-state index contributed by atoms with van der Waals surface area (Å²) >= 11 is 0. The Balaban J connectivity index is 0.000000131. The van der Waals surface area contributed by atoms with E-state index in [0.29, 0.717) is 60.8 Å². The highest BCUT2D eigenvalue weighted by molar-refractivity contribution is 6.06. The molecule has 15 aromatic rings. The molecule has 138 heavy (non-hydrogen) atoms. The van der Waals surface area contributed by atoms with E-state index in [1.54, 1.807) is 110 Å². The van der Waals surface area contributed by atoms with Crippen LogP contribution in [0.1, 0.15) is 106 Å². The van der Waals surface area contributed by atoms with Crippen molar-refractivity contribution in [1.29, 1.82) is 5.26 Å². The van der Waals surface area contributed by atoms with Crippen molar-refractivity contribution >= 4 is 90.0 Å². The molecule has 4 saturated heterocycles. The molecule has 31 heteroatoms. The number of amides is 6. The largest absolute Gasteiger partial charge is 0.380 e. The summed E-state index contributed by atoms with van der Waals surface area (Å²) in [4.78, 5) is 109. The Hall–Kier alpha value is -15.1. The number of methoxy groups -OCH3 is 1. The number of likely N-dealkylation sites (tertiary alicyclic amines) is 3. The zero-order chi connectivity index (χ0) is 97.5. The zero-order valence-corrected chi connectivity index (χ0v) is 76.8. The molecule has 6 amide bonds. The fraction of sp³-hybridized carbons (Fsp3) is 0.234. The van der Waals surface area contributed by atoms with E-state index in [9.17, 15) is 56.0 Å². The predicted molar refractivity (Wildman–Crippen MR) is 522 cm³/mol. The summed E-state index contributed by atoms with van der Waals surface area (Å²) in [5.74, 6) is -4.56. The van der Waals surface area contributed by atoms with Crippen molar-refractivity contribution < 1.29 is 60.3 Å². The van der Waals surface area contributed by atoms with Gasteiger partial charge in [0.25, 0.3) is 29.5 Å². The Morgan fingerprint density at radius 3 is 1.01 bits per heavy atom. The van der Waals surface area contributed by atoms with Crippen molar-refractivity contribution in [2.75, 3.05) is 87.7 Å². The number of fused-ring (bicyclic) bond motifs is 5. The Bertz CT molecular complexity index is 7100. The van der Waals surface area contributed by atoms with Crippen molar-refractivity contribution in [1.82, 2.24) is 59.8 Å². The topological polar surface area (TPSA) is 371 Å². The highest BCUT2D eigenvalue weighted by Gasteiger charge is 2.29. The van der Waals surface area contributed by atoms with E-state index < -0.39 is 29.5 Å². The van der Waals surface area contributed by atoms with Crippen LogP contribution in [0.15, 0.2) is 243 Å². The number of hydrogen-bond donors (Lipinski definition) is 6. The standard InChI is InChI=1S/C23H25FN4O.C22H19FN4O.C22H22FN3O2.C21H19FN4O2.C19H18FN3O2/c1-27(2)18-9-10-28(14-18)13-15-3-8-19-20(16-4-6-17(24)7-5-16)12-22(23(25)29)26-21(19)11-15;23-16-6-4-15(5-7-16)19-11-21(22(25)28)26-20-10-14(3-8-18(19)20)13-27-9-1-2-17(27)12-24;1-28-17-8-9-26(13-17)12-14-2-7-18-19(15-3-5-16(23)6-4-15)11-21(22(24)27)25-20(18)10-14;22-15-4-2-14(3-5-15)17-10-19(21(23)28)25-18-9-13(1-6-16(17)18)11-26-8-7-24-20(27)12-26;1-23(25-2)11-12-3-8-15-16(13-4-6-14(20)7-5-13)10-18(19(21)24)22-17(15)9-12/h3-8,11-12,18H,9-10,13-14H2,1-2H3,(H2,25,29);3-8,10-11,17H,1-2,9,13H2,(H2,25,28);2-7,10-11,17H,8-9,12-13H2,1H3,(H2,24,27);1-6,9-10H,7-8,11-12H2,(H2,23,28)(H,24,27);3-10H,11H2,1-2H3,(H2,21,24)/t;2*17-;;/m.00../s1. The van der Waals surface area contributed by atoms with Crippen LogP contribution in [-0.2, 0) is 47.1 Å². The second kappa shape index (κ2) is 44.1. The summed E-state index contributed by atoms with van der Waals surface area (Å²) in [6.45, 7) is 10.1. The van der Waals surface area contributed by atoms with Gasteiger partial charge < -0.3 is 48.5 Å². The Labute approximate surface area is 793 Å². The molecular weight excluding hydrogens is 1760 g/mol. The summed E-state index contributed by atoms with van der Waals surface area (Å²) in [6.07, 6.45) is 4.39. The van der Waals surface area contributed by atoms with Crippen LogP contribution in [0.3, 0.4) is 0 Å². The lowest BCUT2D eigenvalue weighted by Gasteiger charge is -2.26. The van der Waals surface area contributed by atoms with Gasteiger partial charge in [0.2, 0.25) is 5.91 Å². The normalized spacial score (nSPS) is 15.6. The number of hydroxylamine groups is 2. The van der Waals surface area contributed by atoms with Crippen LogP contribution in [-0.4, -0.2) is 196 Å². The van der Waals surface area contributed by atoms with Crippen molar-refractivity contribution in [2.45, 2.75) is 76.6 Å². The molecule has 0 aliphatic carbocycles. The van der Waals surface area contributed by atoms with Crippen molar-refractivity contribution in [2.24, 2.45) is 28.7 Å². The number of primary amides is 5. The lowest BCUT2D eigenvalue weighted by Crippen LogP contribution is -2.47. The number of pyridine rings is 5. The number of rotatable bonds is 23. The first-order valence-corrected chi connectivity index (χ1v) is 44.9. The number of halogens is 5. The van der Waals surface area contributed by atoms with Gasteiger partial charge in [0, 0.05) is 119 Å². The van der Waals surface area contributed by atoms with E-state index in [2.05, 4.69) is 87.0 Å². The molecule has 4 aliphatic rings. The van der Waals surface area contributed by atoms with E-state index in [4.69, 9.17) is 38.2 Å². The van der Waals surface area contributed by atoms with Gasteiger partial charge in [-0.2, -0.15) is 10.3 Å². The molecular formula is C107H103F5N18O8. The number of nitrogens with zero attached hydrogens (tertiary/aromatic N) is 12. The summed E-state index contributed by atoms with van der Waals surface area (Å²) in [5.41, 5.74) is 44.8. The Morgan fingerprint density at radius 1 is 0.399 bits per heavy atom. The molecule has 4 fully saturated rings. The molecule has 9 heterocycles. The molecule has 19 rings (SSSR count). The summed E-state index contributed by atoms with van der Waals surface area (Å²) in [6, 6.07) is 71.6. The van der Waals surface area contributed by atoms with Gasteiger partial charge in [-0.3, -0.25) is 48.4 Å². The first-order valence-electron chi connectivity index (χ1n) is 44.9. The number of carbonyl (C=O) groups excluding carboxylic acids is 6. The molecule has 1 unspecified atom stereocenters. The fourth-order valence-corrected chi connectivity index (χ4v) is 17.7. The third-order valence-electron chi connectivity index (χ3n) is 24.9. The maximum absolute atomic E-state index is 13.4. The van der Waals surface area contributed by atoms with Crippen molar-refractivity contribution in [3.05, 3.63) is 328 Å². The first kappa shape index (κ1) is 97.4. The first-order chi connectivity index (χ1) is 66.4. The van der Waals surface area contributed by atoms with E-state index >= 15 is 0 Å². The average Bonchev–Trinajstić information content (AvgIpc) is 0.942. The van der Waals surface area contributed by atoms with E-state index in [-0.39, 0.29) is 75.6 Å². The van der Waals surface area contributed by atoms with Gasteiger partial charge in [0.1, 0.15) is 57.6 Å². The number of nitrogens with one attached hydrogen (secondary N) is 1. The second-order valence-corrected chi connectivity index (χ2v) is 34.7. The summed E-state index contributed by atoms with van der Waals surface area (Å²) in [7, 11) is 9.40. The van der Waals surface area contributed by atoms with E-state index in [0.717, 1.165) is 188 Å². The lowest BCUT2D eigenvalue weighted by molar-refractivity contribution is -0.124. The van der Waals surface area contributed by atoms with E-state index in [1.165, 1.54) is 67.1 Å². The SMILES string of the molecule is CN(C)C1CCN(Cc2ccc3c(-c4ccc(F)cc4)cc(C(N)=O)nc3c2)C1.CON(C)Cc1ccc2c(-c3ccc(F)cc3)cc(C(N)=O)nc2c1.CO[C@H]1CCN(Cc2ccc3c(-c4ccc(F)cc4)cc(C(N)=O)nc3c2)C1.N#C[C@@H]1CCCN1Cc1ccc2c(-c3ccc(F)cc3)cc(C(N)=O)nc2c1.NC(=O)c1cc(-c2ccc(F)cc2)c2ccc(CN3CCNC(=O)C3)cc2n1. The fourth-order valence-electron chi connectivity index (χ4n) is 17.7. The maximum atomic E-state index is 13.4. The molecule has 0 spiro atoms. The molecule has 11 N–H and O–H groups in total. The van der Waals surface area contributed by atoms with E-state index in [1.807, 2.05) is 85.9 Å². The molecule has 704 valence electrons. The number of piperazine rings is 1. The molecule has 5 aromatic heterocycles. The molecule has 0 bridgehead atoms. The third-order valence-corrected chi connectivity index (χ3v) is 24.9. The number of carbonyl (C=O) groups is 6. The molecule has 0 saturated carbocycles. The number of nitrogens with two attached hydrogens (primary N) is 5. The number of hydrogen-bond acceptors (Lipinski definition) is 20. The molecule has 10 aromatic carbocycles. The second-order valence-electron chi connectivity index (χ2n) is 34.7. The number of nitriles is 1. The maximum Gasteiger partial charge on any atom is 0.267 e. The van der Waals surface area contributed by atoms with Crippen LogP contribution in [0.25, 0.3) is 110 Å². The quantitative estimate of drug-likeness (QED) is 0.0256. The van der Waals surface area contributed by atoms with Crippen LogP contribution in [0, 0.1) is 40.4 Å². The molecule has 26 nitrogen and oxygen atoms in total. The zero-order valence-electron chi connectivity index (χ0n) is 76.8. The number of aromatic nitrogens is 5. The van der Waals surface area contributed by atoms with Gasteiger partial charge in [0.15, 0.2) is 0 Å². The van der Waals surface area contributed by atoms with Gasteiger partial charge in [-0.05, 0) is 251 Å². The summed E-state index contributed by atoms with van der Waals surface area (Å²) in [5, 5.41) is 18.1. The van der Waals surface area contributed by atoms with Gasteiger partial charge in [-0.15, -0.1) is 0 Å². The third kappa shape index (κ3) is 24.2.